The number of hydrogen-bond donors (Lipinski definition) is 0. The van der Waals surface area contributed by atoms with Crippen LogP contribution in [0.3, 0.4) is 0 Å². The maximum absolute atomic E-state index is 14.1. The van der Waals surface area contributed by atoms with Crippen LogP contribution in [0.4, 0.5) is 10.2 Å². The minimum atomic E-state index is -0.151. The fourth-order valence-corrected chi connectivity index (χ4v) is 4.01. The van der Waals surface area contributed by atoms with Gasteiger partial charge in [-0.15, -0.1) is 0 Å². The van der Waals surface area contributed by atoms with Gasteiger partial charge in [0, 0.05) is 47.8 Å². The quantitative estimate of drug-likeness (QED) is 0.713. The molecule has 2 fully saturated rings. The third-order valence-corrected chi connectivity index (χ3v) is 5.58. The Morgan fingerprint density at radius 1 is 1.23 bits per heavy atom. The predicted molar refractivity (Wildman–Crippen MR) is 102 cm³/mol. The smallest absolute Gasteiger partial charge is 0.218 e. The van der Waals surface area contributed by atoms with E-state index in [9.17, 15) is 4.39 Å². The van der Waals surface area contributed by atoms with Gasteiger partial charge in [0.2, 0.25) is 5.88 Å². The zero-order valence-electron chi connectivity index (χ0n) is 14.7. The van der Waals surface area contributed by atoms with Crippen LogP contribution in [0.15, 0.2) is 35.1 Å². The largest absolute Gasteiger partial charge is 0.481 e. The summed E-state index contributed by atoms with van der Waals surface area (Å²) in [4.78, 5) is 13.3. The lowest BCUT2D eigenvalue weighted by molar-refractivity contribution is 0.319. The zero-order valence-corrected chi connectivity index (χ0v) is 16.3. The summed E-state index contributed by atoms with van der Waals surface area (Å²) < 4.78 is 20.2. The molecular formula is C19H22BrFN4O. The SMILES string of the molecule is COc1cc(N(C2CC2)C2CCN(Cc3ccc(Br)cc3F)C2)ncn1. The van der Waals surface area contributed by atoms with E-state index >= 15 is 0 Å². The van der Waals surface area contributed by atoms with Crippen LogP contribution >= 0.6 is 15.9 Å². The Morgan fingerprint density at radius 3 is 2.81 bits per heavy atom. The van der Waals surface area contributed by atoms with E-state index in [2.05, 4.69) is 35.7 Å². The molecule has 1 aliphatic heterocycles. The van der Waals surface area contributed by atoms with Crippen molar-refractivity contribution in [3.05, 3.63) is 46.4 Å². The normalized spacial score (nSPS) is 20.3. The van der Waals surface area contributed by atoms with Gasteiger partial charge >= 0.3 is 0 Å². The molecule has 4 rings (SSSR count). The van der Waals surface area contributed by atoms with Crippen molar-refractivity contribution in [3.63, 3.8) is 0 Å². The standard InChI is InChI=1S/C19H22BrFN4O/c1-26-19-9-18(22-12-23-19)25(15-4-5-15)16-6-7-24(11-16)10-13-2-3-14(20)8-17(13)21/h2-3,8-9,12,15-16H,4-7,10-11H2,1H3. The first-order valence-electron chi connectivity index (χ1n) is 8.94. The topological polar surface area (TPSA) is 41.5 Å². The summed E-state index contributed by atoms with van der Waals surface area (Å²) >= 11 is 3.32. The first kappa shape index (κ1) is 17.7. The summed E-state index contributed by atoms with van der Waals surface area (Å²) in [6, 6.07) is 8.14. The monoisotopic (exact) mass is 420 g/mol. The highest BCUT2D eigenvalue weighted by molar-refractivity contribution is 9.10. The van der Waals surface area contributed by atoms with E-state index in [-0.39, 0.29) is 5.82 Å². The van der Waals surface area contributed by atoms with Gasteiger partial charge in [0.15, 0.2) is 0 Å². The molecule has 7 heteroatoms. The molecule has 2 aliphatic rings. The van der Waals surface area contributed by atoms with Gasteiger partial charge in [0.25, 0.3) is 0 Å². The molecule has 1 aliphatic carbocycles. The van der Waals surface area contributed by atoms with Crippen molar-refractivity contribution >= 4 is 21.7 Å². The molecule has 2 heterocycles. The van der Waals surface area contributed by atoms with Crippen LogP contribution in [0.2, 0.25) is 0 Å². The second-order valence-corrected chi connectivity index (χ2v) is 7.89. The zero-order chi connectivity index (χ0) is 18.1. The third kappa shape index (κ3) is 3.83. The van der Waals surface area contributed by atoms with Crippen molar-refractivity contribution in [3.8, 4) is 5.88 Å². The fraction of sp³-hybridized carbons (Fsp3) is 0.474. The summed E-state index contributed by atoms with van der Waals surface area (Å²) in [6.45, 7) is 2.52. The number of aromatic nitrogens is 2. The Kier molecular flexibility index (Phi) is 5.09. The Balaban J connectivity index is 1.47. The van der Waals surface area contributed by atoms with Crippen LogP contribution in [0.5, 0.6) is 5.88 Å². The number of rotatable bonds is 6. The Bertz CT molecular complexity index is 786. The van der Waals surface area contributed by atoms with E-state index in [4.69, 9.17) is 4.74 Å². The van der Waals surface area contributed by atoms with Crippen molar-refractivity contribution in [2.75, 3.05) is 25.1 Å². The van der Waals surface area contributed by atoms with Crippen LogP contribution in [0.1, 0.15) is 24.8 Å². The predicted octanol–water partition coefficient (Wildman–Crippen LogP) is 3.63. The number of hydrogen-bond acceptors (Lipinski definition) is 5. The Hall–Kier alpha value is -1.73. The number of benzene rings is 1. The molecule has 138 valence electrons. The van der Waals surface area contributed by atoms with Crippen LogP contribution < -0.4 is 9.64 Å². The molecule has 5 nitrogen and oxygen atoms in total. The van der Waals surface area contributed by atoms with Crippen molar-refractivity contribution in [1.29, 1.82) is 0 Å². The van der Waals surface area contributed by atoms with Gasteiger partial charge < -0.3 is 9.64 Å². The van der Waals surface area contributed by atoms with Gasteiger partial charge in [-0.1, -0.05) is 22.0 Å². The minimum absolute atomic E-state index is 0.151. The lowest BCUT2D eigenvalue weighted by Crippen LogP contribution is -2.40. The van der Waals surface area contributed by atoms with Crippen LogP contribution in [0, 0.1) is 5.82 Å². The lowest BCUT2D eigenvalue weighted by Gasteiger charge is -2.30. The highest BCUT2D eigenvalue weighted by Crippen LogP contribution is 2.36. The second-order valence-electron chi connectivity index (χ2n) is 6.97. The molecular weight excluding hydrogens is 399 g/mol. The van der Waals surface area contributed by atoms with Crippen LogP contribution in [-0.2, 0) is 6.54 Å². The van der Waals surface area contributed by atoms with Crippen LogP contribution in [0.25, 0.3) is 0 Å². The molecule has 1 unspecified atom stereocenters. The number of nitrogens with zero attached hydrogens (tertiary/aromatic N) is 4. The van der Waals surface area contributed by atoms with E-state index in [1.165, 1.54) is 18.9 Å². The van der Waals surface area contributed by atoms with Gasteiger partial charge in [-0.3, -0.25) is 4.90 Å². The number of anilines is 1. The Morgan fingerprint density at radius 2 is 2.08 bits per heavy atom. The third-order valence-electron chi connectivity index (χ3n) is 5.09. The van der Waals surface area contributed by atoms with Gasteiger partial charge in [0.1, 0.15) is 18.0 Å². The summed E-state index contributed by atoms with van der Waals surface area (Å²) in [5, 5.41) is 0. The van der Waals surface area contributed by atoms with Gasteiger partial charge in [-0.2, -0.15) is 0 Å². The van der Waals surface area contributed by atoms with Crippen molar-refractivity contribution < 1.29 is 9.13 Å². The van der Waals surface area contributed by atoms with E-state index < -0.39 is 0 Å². The molecule has 26 heavy (non-hydrogen) atoms. The van der Waals surface area contributed by atoms with Gasteiger partial charge in [-0.05, 0) is 31.4 Å². The average molecular weight is 421 g/mol. The molecule has 0 amide bonds. The van der Waals surface area contributed by atoms with E-state index in [1.807, 2.05) is 18.2 Å². The molecule has 1 aromatic carbocycles. The molecule has 1 saturated heterocycles. The van der Waals surface area contributed by atoms with Gasteiger partial charge in [0.05, 0.1) is 7.11 Å². The fourth-order valence-electron chi connectivity index (χ4n) is 3.68. The summed E-state index contributed by atoms with van der Waals surface area (Å²) in [5.74, 6) is 1.37. The van der Waals surface area contributed by atoms with E-state index in [0.29, 0.717) is 24.5 Å². The van der Waals surface area contributed by atoms with E-state index in [1.54, 1.807) is 13.4 Å². The highest BCUT2D eigenvalue weighted by Gasteiger charge is 2.38. The highest BCUT2D eigenvalue weighted by atomic mass is 79.9. The maximum Gasteiger partial charge on any atom is 0.218 e. The first-order chi connectivity index (χ1) is 12.6. The summed E-state index contributed by atoms with van der Waals surface area (Å²) in [6.07, 6.45) is 5.02. The van der Waals surface area contributed by atoms with Crippen molar-refractivity contribution in [2.45, 2.75) is 37.9 Å². The minimum Gasteiger partial charge on any atom is -0.481 e. The molecule has 0 radical (unpaired) electrons. The Labute approximate surface area is 161 Å². The molecule has 1 saturated carbocycles. The second kappa shape index (κ2) is 7.48. The number of ether oxygens (including phenoxy) is 1. The lowest BCUT2D eigenvalue weighted by atomic mass is 10.2. The van der Waals surface area contributed by atoms with Crippen molar-refractivity contribution in [1.82, 2.24) is 14.9 Å². The maximum atomic E-state index is 14.1. The first-order valence-corrected chi connectivity index (χ1v) is 9.74. The molecule has 0 bridgehead atoms. The number of methoxy groups -OCH3 is 1. The van der Waals surface area contributed by atoms with Crippen molar-refractivity contribution in [2.24, 2.45) is 0 Å². The molecule has 0 spiro atoms. The van der Waals surface area contributed by atoms with Gasteiger partial charge in [-0.25, -0.2) is 14.4 Å². The average Bonchev–Trinajstić information content (AvgIpc) is 3.36. The molecule has 0 N–H and O–H groups in total. The molecule has 2 aromatic rings. The van der Waals surface area contributed by atoms with Crippen LogP contribution in [-0.4, -0.2) is 47.2 Å². The van der Waals surface area contributed by atoms with E-state index in [0.717, 1.165) is 35.4 Å². The molecule has 1 atom stereocenters. The number of halogens is 2. The summed E-state index contributed by atoms with van der Waals surface area (Å²) in [5.41, 5.74) is 0.746. The summed E-state index contributed by atoms with van der Waals surface area (Å²) in [7, 11) is 1.62. The number of likely N-dealkylation sites (tertiary alicyclic amines) is 1. The molecule has 1 aromatic heterocycles.